The Labute approximate surface area is 135 Å². The van der Waals surface area contributed by atoms with Crippen molar-refractivity contribution in [3.8, 4) is 0 Å². The highest BCUT2D eigenvalue weighted by atomic mass is 16.7. The summed E-state index contributed by atoms with van der Waals surface area (Å²) in [6.45, 7) is 5.70. The number of epoxide rings is 1. The molecule has 4 aliphatic rings. The second-order valence-electron chi connectivity index (χ2n) is 7.70. The largest absolute Gasteiger partial charge is 0.457 e. The Balaban J connectivity index is 1.86. The third kappa shape index (κ3) is 1.60. The van der Waals surface area contributed by atoms with E-state index in [2.05, 4.69) is 0 Å². The predicted octanol–water partition coefficient (Wildman–Crippen LogP) is 0.554. The van der Waals surface area contributed by atoms with Crippen LogP contribution < -0.4 is 0 Å². The number of carbonyl (C=O) groups excluding carboxylic acids is 1. The Hall–Kier alpha value is -0.950. The van der Waals surface area contributed by atoms with Crippen molar-refractivity contribution in [2.24, 2.45) is 10.8 Å². The number of fused-ring (bicyclic) bond motifs is 2. The molecule has 23 heavy (non-hydrogen) atoms. The lowest BCUT2D eigenvalue weighted by molar-refractivity contribution is -0.226. The van der Waals surface area contributed by atoms with Crippen LogP contribution in [0.4, 0.5) is 0 Å². The monoisotopic (exact) mass is 324 g/mol. The number of allylic oxidation sites excluding steroid dienone is 1. The van der Waals surface area contributed by atoms with E-state index in [1.54, 1.807) is 0 Å². The Morgan fingerprint density at radius 1 is 1.52 bits per heavy atom. The fraction of sp³-hybridized carbons (Fsp3) is 0.824. The van der Waals surface area contributed by atoms with Gasteiger partial charge in [0.1, 0.15) is 17.8 Å². The molecule has 0 aromatic carbocycles. The first-order valence-corrected chi connectivity index (χ1v) is 8.25. The number of aliphatic hydroxyl groups excluding tert-OH is 2. The van der Waals surface area contributed by atoms with E-state index in [1.165, 1.54) is 12.5 Å². The smallest absolute Gasteiger partial charge is 0.303 e. The van der Waals surface area contributed by atoms with Crippen molar-refractivity contribution in [2.75, 3.05) is 13.2 Å². The van der Waals surface area contributed by atoms with E-state index in [0.29, 0.717) is 13.0 Å². The summed E-state index contributed by atoms with van der Waals surface area (Å²) >= 11 is 0. The minimum atomic E-state index is -0.928. The molecular formula is C17H24O6. The normalized spacial score (nSPS) is 53.7. The number of esters is 1. The fourth-order valence-corrected chi connectivity index (χ4v) is 5.35. The molecule has 2 bridgehead atoms. The summed E-state index contributed by atoms with van der Waals surface area (Å²) in [5.74, 6) is -0.447. The molecule has 2 N–H and O–H groups in total. The van der Waals surface area contributed by atoms with Crippen molar-refractivity contribution in [2.45, 2.75) is 63.6 Å². The Kier molecular flexibility index (Phi) is 3.09. The molecule has 6 heteroatoms. The third-order valence-electron chi connectivity index (χ3n) is 6.85. The van der Waals surface area contributed by atoms with E-state index >= 15 is 0 Å². The summed E-state index contributed by atoms with van der Waals surface area (Å²) in [4.78, 5) is 11.5. The van der Waals surface area contributed by atoms with Crippen molar-refractivity contribution < 1.29 is 29.2 Å². The molecule has 3 fully saturated rings. The molecule has 1 saturated carbocycles. The first kappa shape index (κ1) is 15.6. The molecule has 0 aromatic rings. The van der Waals surface area contributed by atoms with Crippen molar-refractivity contribution in [1.82, 2.24) is 0 Å². The summed E-state index contributed by atoms with van der Waals surface area (Å²) in [6.07, 6.45) is 1.12. The molecule has 0 aromatic heterocycles. The lowest BCUT2D eigenvalue weighted by atomic mass is 9.51. The van der Waals surface area contributed by atoms with Gasteiger partial charge in [-0.2, -0.15) is 0 Å². The second-order valence-corrected chi connectivity index (χ2v) is 7.70. The summed E-state index contributed by atoms with van der Waals surface area (Å²) in [6, 6.07) is 0. The highest BCUT2D eigenvalue weighted by Crippen LogP contribution is 2.71. The molecule has 128 valence electrons. The summed E-state index contributed by atoms with van der Waals surface area (Å²) in [5.41, 5.74) is -0.813. The van der Waals surface area contributed by atoms with Crippen LogP contribution in [0.1, 0.15) is 33.6 Å². The number of aliphatic hydroxyl groups is 2. The second kappa shape index (κ2) is 4.57. The lowest BCUT2D eigenvalue weighted by Crippen LogP contribution is -2.66. The van der Waals surface area contributed by atoms with Crippen molar-refractivity contribution in [3.63, 3.8) is 0 Å². The Morgan fingerprint density at radius 3 is 2.78 bits per heavy atom. The van der Waals surface area contributed by atoms with Crippen molar-refractivity contribution in [1.29, 1.82) is 0 Å². The molecule has 6 nitrogen and oxygen atoms in total. The minimum Gasteiger partial charge on any atom is -0.457 e. The van der Waals surface area contributed by atoms with Gasteiger partial charge in [0, 0.05) is 17.8 Å². The van der Waals surface area contributed by atoms with Gasteiger partial charge in [0.05, 0.1) is 19.3 Å². The van der Waals surface area contributed by atoms with E-state index in [9.17, 15) is 15.0 Å². The average molecular weight is 324 g/mol. The van der Waals surface area contributed by atoms with Gasteiger partial charge >= 0.3 is 5.97 Å². The van der Waals surface area contributed by atoms with Gasteiger partial charge in [-0.1, -0.05) is 18.6 Å². The quantitative estimate of drug-likeness (QED) is 0.438. The van der Waals surface area contributed by atoms with Crippen LogP contribution in [0.15, 0.2) is 11.6 Å². The molecule has 2 aliphatic heterocycles. The highest BCUT2D eigenvalue weighted by molar-refractivity contribution is 5.66. The fourth-order valence-electron chi connectivity index (χ4n) is 5.35. The third-order valence-corrected chi connectivity index (χ3v) is 6.85. The van der Waals surface area contributed by atoms with Crippen LogP contribution in [-0.2, 0) is 19.0 Å². The highest BCUT2D eigenvalue weighted by Gasteiger charge is 2.85. The van der Waals surface area contributed by atoms with Crippen molar-refractivity contribution >= 4 is 5.97 Å². The molecular weight excluding hydrogens is 300 g/mol. The van der Waals surface area contributed by atoms with Gasteiger partial charge in [0.2, 0.25) is 0 Å². The first-order chi connectivity index (χ1) is 10.8. The SMILES string of the molecule is CC(=O)OC1C2OC3C=C(C)CCC3(CO)C(C)(C1O)C21CO1. The molecule has 4 rings (SSSR count). The standard InChI is InChI=1S/C17H24O6/c1-9-4-5-16(7-18)11(6-9)23-14-12(22-10(2)19)13(20)15(16,3)17(14)8-21-17/h6,11-14,18,20H,4-5,7-8H2,1-3H3. The van der Waals surface area contributed by atoms with E-state index in [1.807, 2.05) is 19.9 Å². The number of hydrogen-bond donors (Lipinski definition) is 2. The van der Waals surface area contributed by atoms with E-state index in [-0.39, 0.29) is 12.7 Å². The minimum absolute atomic E-state index is 0.0976. The van der Waals surface area contributed by atoms with E-state index in [4.69, 9.17) is 14.2 Å². The van der Waals surface area contributed by atoms with Crippen LogP contribution in [0, 0.1) is 10.8 Å². The molecule has 2 saturated heterocycles. The molecule has 0 amide bonds. The predicted molar refractivity (Wildman–Crippen MR) is 79.5 cm³/mol. The van der Waals surface area contributed by atoms with Crippen LogP contribution in [0.25, 0.3) is 0 Å². The van der Waals surface area contributed by atoms with Crippen LogP contribution in [0.5, 0.6) is 0 Å². The number of ether oxygens (including phenoxy) is 3. The van der Waals surface area contributed by atoms with Gasteiger partial charge in [0.25, 0.3) is 0 Å². The summed E-state index contributed by atoms with van der Waals surface area (Å²) < 4.78 is 17.5. The van der Waals surface area contributed by atoms with Gasteiger partial charge in [0.15, 0.2) is 6.10 Å². The van der Waals surface area contributed by atoms with Gasteiger partial charge in [-0.05, 0) is 19.8 Å². The number of carbonyl (C=O) groups is 1. The maximum Gasteiger partial charge on any atom is 0.303 e. The topological polar surface area (TPSA) is 88.5 Å². The van der Waals surface area contributed by atoms with Gasteiger partial charge in [-0.15, -0.1) is 0 Å². The summed E-state index contributed by atoms with van der Waals surface area (Å²) in [5, 5.41) is 21.4. The Morgan fingerprint density at radius 2 is 2.22 bits per heavy atom. The molecule has 2 aliphatic carbocycles. The Bertz CT molecular complexity index is 582. The maximum absolute atomic E-state index is 11.5. The molecule has 2 heterocycles. The zero-order valence-electron chi connectivity index (χ0n) is 13.7. The first-order valence-electron chi connectivity index (χ1n) is 8.25. The average Bonchev–Trinajstić information content (AvgIpc) is 3.28. The molecule has 7 atom stereocenters. The van der Waals surface area contributed by atoms with E-state index in [0.717, 1.165) is 6.42 Å². The van der Waals surface area contributed by atoms with Crippen LogP contribution in [0.2, 0.25) is 0 Å². The molecule has 0 radical (unpaired) electrons. The zero-order valence-corrected chi connectivity index (χ0v) is 13.7. The molecule has 1 spiro atoms. The van der Waals surface area contributed by atoms with Crippen LogP contribution in [-0.4, -0.2) is 59.4 Å². The van der Waals surface area contributed by atoms with Crippen LogP contribution >= 0.6 is 0 Å². The van der Waals surface area contributed by atoms with E-state index < -0.39 is 40.7 Å². The lowest BCUT2D eigenvalue weighted by Gasteiger charge is -2.57. The number of rotatable bonds is 2. The van der Waals surface area contributed by atoms with Crippen molar-refractivity contribution in [3.05, 3.63) is 11.6 Å². The maximum atomic E-state index is 11.5. The summed E-state index contributed by atoms with van der Waals surface area (Å²) in [7, 11) is 0. The van der Waals surface area contributed by atoms with Gasteiger partial charge in [-0.3, -0.25) is 4.79 Å². The van der Waals surface area contributed by atoms with Gasteiger partial charge < -0.3 is 24.4 Å². The number of hydrogen-bond acceptors (Lipinski definition) is 6. The zero-order chi connectivity index (χ0) is 16.6. The van der Waals surface area contributed by atoms with Gasteiger partial charge in [-0.25, -0.2) is 0 Å². The van der Waals surface area contributed by atoms with Crippen LogP contribution in [0.3, 0.4) is 0 Å². The molecule has 7 unspecified atom stereocenters.